The Morgan fingerprint density at radius 1 is 1.64 bits per heavy atom. The molecule has 0 bridgehead atoms. The van der Waals surface area contributed by atoms with E-state index < -0.39 is 6.09 Å². The van der Waals surface area contributed by atoms with Crippen LogP contribution < -0.4 is 5.32 Å². The van der Waals surface area contributed by atoms with Crippen LogP contribution in [0, 0.1) is 5.41 Å². The zero-order valence-electron chi connectivity index (χ0n) is 8.50. The van der Waals surface area contributed by atoms with E-state index in [1.165, 1.54) is 11.3 Å². The van der Waals surface area contributed by atoms with Crippen molar-refractivity contribution in [1.82, 2.24) is 4.98 Å². The summed E-state index contributed by atoms with van der Waals surface area (Å²) in [6.45, 7) is 6.37. The molecule has 2 N–H and O–H groups in total. The van der Waals surface area contributed by atoms with Crippen LogP contribution in [0.5, 0.6) is 0 Å². The summed E-state index contributed by atoms with van der Waals surface area (Å²) < 4.78 is 0. The monoisotopic (exact) mass is 214 g/mol. The summed E-state index contributed by atoms with van der Waals surface area (Å²) in [7, 11) is 0. The Morgan fingerprint density at radius 2 is 2.29 bits per heavy atom. The molecule has 1 heterocycles. The Morgan fingerprint density at radius 3 is 2.79 bits per heavy atom. The number of anilines is 1. The summed E-state index contributed by atoms with van der Waals surface area (Å²) >= 11 is 1.39. The standard InChI is InChI=1S/C9H14N2O2S/c1-9(2,3)4-6-10-5-7(14-6)11-8(12)13/h5,11H,4H2,1-3H3,(H,12,13). The van der Waals surface area contributed by atoms with Crippen LogP contribution >= 0.6 is 11.3 Å². The summed E-state index contributed by atoms with van der Waals surface area (Å²) in [4.78, 5) is 14.5. The fourth-order valence-corrected chi connectivity index (χ4v) is 2.12. The first-order valence-corrected chi connectivity index (χ1v) is 5.13. The van der Waals surface area contributed by atoms with Crippen molar-refractivity contribution in [3.05, 3.63) is 11.2 Å². The Labute approximate surface area is 87.0 Å². The fraction of sp³-hybridized carbons (Fsp3) is 0.556. The second kappa shape index (κ2) is 3.96. The highest BCUT2D eigenvalue weighted by molar-refractivity contribution is 7.15. The molecule has 1 aromatic heterocycles. The third-order valence-corrected chi connectivity index (χ3v) is 2.38. The van der Waals surface area contributed by atoms with Gasteiger partial charge < -0.3 is 5.11 Å². The maximum Gasteiger partial charge on any atom is 0.409 e. The van der Waals surface area contributed by atoms with E-state index in [1.54, 1.807) is 6.20 Å². The molecule has 1 rings (SSSR count). The lowest BCUT2D eigenvalue weighted by molar-refractivity contribution is 0.210. The van der Waals surface area contributed by atoms with Gasteiger partial charge in [0.15, 0.2) is 0 Å². The molecule has 0 aliphatic rings. The predicted octanol–water partition coefficient (Wildman–Crippen LogP) is 2.82. The molecule has 1 aromatic rings. The zero-order chi connectivity index (χ0) is 10.8. The molecular formula is C9H14N2O2S. The molecule has 1 amide bonds. The van der Waals surface area contributed by atoms with Gasteiger partial charge in [0.1, 0.15) is 5.00 Å². The summed E-state index contributed by atoms with van der Waals surface area (Å²) in [5.41, 5.74) is 0.179. The Kier molecular flexibility index (Phi) is 3.10. The molecule has 4 nitrogen and oxygen atoms in total. The van der Waals surface area contributed by atoms with Gasteiger partial charge in [-0.15, -0.1) is 11.3 Å². The number of carboxylic acid groups (broad SMARTS) is 1. The molecule has 0 radical (unpaired) electrons. The van der Waals surface area contributed by atoms with Crippen molar-refractivity contribution in [2.24, 2.45) is 5.41 Å². The van der Waals surface area contributed by atoms with Gasteiger partial charge in [0.25, 0.3) is 0 Å². The van der Waals surface area contributed by atoms with Crippen molar-refractivity contribution in [2.75, 3.05) is 5.32 Å². The third kappa shape index (κ3) is 3.74. The van der Waals surface area contributed by atoms with E-state index >= 15 is 0 Å². The first-order valence-electron chi connectivity index (χ1n) is 4.31. The van der Waals surface area contributed by atoms with E-state index in [4.69, 9.17) is 5.11 Å². The van der Waals surface area contributed by atoms with E-state index in [0.717, 1.165) is 11.4 Å². The van der Waals surface area contributed by atoms with Gasteiger partial charge >= 0.3 is 6.09 Å². The summed E-state index contributed by atoms with van der Waals surface area (Å²) in [6, 6.07) is 0. The summed E-state index contributed by atoms with van der Waals surface area (Å²) in [5, 5.41) is 12.3. The van der Waals surface area contributed by atoms with E-state index in [-0.39, 0.29) is 5.41 Å². The lowest BCUT2D eigenvalue weighted by Crippen LogP contribution is -2.08. The van der Waals surface area contributed by atoms with Crippen molar-refractivity contribution >= 4 is 22.4 Å². The first kappa shape index (κ1) is 11.0. The first-order chi connectivity index (χ1) is 6.37. The van der Waals surface area contributed by atoms with Crippen LogP contribution in [0.1, 0.15) is 25.8 Å². The molecule has 0 saturated heterocycles. The molecule has 14 heavy (non-hydrogen) atoms. The third-order valence-electron chi connectivity index (χ3n) is 1.47. The second-order valence-electron chi connectivity index (χ2n) is 4.29. The average molecular weight is 214 g/mol. The largest absolute Gasteiger partial charge is 0.465 e. The number of nitrogens with one attached hydrogen (secondary N) is 1. The van der Waals surface area contributed by atoms with E-state index in [2.05, 4.69) is 31.1 Å². The highest BCUT2D eigenvalue weighted by atomic mass is 32.1. The van der Waals surface area contributed by atoms with Crippen LogP contribution in [0.4, 0.5) is 9.80 Å². The topological polar surface area (TPSA) is 62.2 Å². The van der Waals surface area contributed by atoms with Gasteiger partial charge in [-0.25, -0.2) is 9.78 Å². The fourth-order valence-electron chi connectivity index (χ4n) is 1.01. The van der Waals surface area contributed by atoms with Crippen LogP contribution in [0.2, 0.25) is 0 Å². The molecule has 78 valence electrons. The van der Waals surface area contributed by atoms with E-state index in [0.29, 0.717) is 5.00 Å². The normalized spacial score (nSPS) is 11.4. The zero-order valence-corrected chi connectivity index (χ0v) is 9.31. The molecule has 0 aromatic carbocycles. The Hall–Kier alpha value is -1.10. The number of carbonyl (C=O) groups is 1. The number of thiazole rings is 1. The quantitative estimate of drug-likeness (QED) is 0.795. The summed E-state index contributed by atoms with van der Waals surface area (Å²) in [6.07, 6.45) is 1.37. The number of amides is 1. The maximum absolute atomic E-state index is 10.3. The van der Waals surface area contributed by atoms with Gasteiger partial charge in [-0.2, -0.15) is 0 Å². The van der Waals surface area contributed by atoms with Crippen molar-refractivity contribution in [2.45, 2.75) is 27.2 Å². The molecule has 0 atom stereocenters. The highest BCUT2D eigenvalue weighted by Gasteiger charge is 2.14. The molecule has 0 fully saturated rings. The van der Waals surface area contributed by atoms with Crippen molar-refractivity contribution < 1.29 is 9.90 Å². The number of hydrogen-bond acceptors (Lipinski definition) is 3. The van der Waals surface area contributed by atoms with Crippen molar-refractivity contribution in [1.29, 1.82) is 0 Å². The lowest BCUT2D eigenvalue weighted by atomic mass is 9.93. The van der Waals surface area contributed by atoms with Gasteiger partial charge in [-0.05, 0) is 5.41 Å². The van der Waals surface area contributed by atoms with Crippen molar-refractivity contribution in [3.8, 4) is 0 Å². The molecule has 0 saturated carbocycles. The van der Waals surface area contributed by atoms with E-state index in [1.807, 2.05) is 0 Å². The minimum absolute atomic E-state index is 0.179. The van der Waals surface area contributed by atoms with Gasteiger partial charge in [-0.1, -0.05) is 20.8 Å². The van der Waals surface area contributed by atoms with Crippen LogP contribution in [0.3, 0.4) is 0 Å². The van der Waals surface area contributed by atoms with Crippen molar-refractivity contribution in [3.63, 3.8) is 0 Å². The highest BCUT2D eigenvalue weighted by Crippen LogP contribution is 2.26. The van der Waals surface area contributed by atoms with E-state index in [9.17, 15) is 4.79 Å². The minimum Gasteiger partial charge on any atom is -0.465 e. The number of nitrogens with zero attached hydrogens (tertiary/aromatic N) is 1. The second-order valence-corrected chi connectivity index (χ2v) is 5.40. The van der Waals surface area contributed by atoms with Crippen LogP contribution in [-0.2, 0) is 6.42 Å². The van der Waals surface area contributed by atoms with Gasteiger partial charge in [0.2, 0.25) is 0 Å². The number of rotatable bonds is 2. The molecule has 5 heteroatoms. The maximum atomic E-state index is 10.3. The van der Waals surface area contributed by atoms with Gasteiger partial charge in [-0.3, -0.25) is 5.32 Å². The molecular weight excluding hydrogens is 200 g/mol. The average Bonchev–Trinajstić information content (AvgIpc) is 2.30. The number of hydrogen-bond donors (Lipinski definition) is 2. The minimum atomic E-state index is -1.05. The lowest BCUT2D eigenvalue weighted by Gasteiger charge is -2.15. The smallest absolute Gasteiger partial charge is 0.409 e. The molecule has 0 aliphatic heterocycles. The predicted molar refractivity (Wildman–Crippen MR) is 56.9 cm³/mol. The number of aromatic nitrogens is 1. The van der Waals surface area contributed by atoms with Gasteiger partial charge in [0.05, 0.1) is 11.2 Å². The van der Waals surface area contributed by atoms with Gasteiger partial charge in [0, 0.05) is 6.42 Å². The SMILES string of the molecule is CC(C)(C)Cc1ncc(NC(=O)O)s1. The Bertz CT molecular complexity index is 328. The van der Waals surface area contributed by atoms with Crippen LogP contribution in [0.25, 0.3) is 0 Å². The summed E-state index contributed by atoms with van der Waals surface area (Å²) in [5.74, 6) is 0. The Balaban J connectivity index is 2.64. The van der Waals surface area contributed by atoms with Crippen LogP contribution in [0.15, 0.2) is 6.20 Å². The molecule has 0 unspecified atom stereocenters. The molecule has 0 spiro atoms. The molecule has 0 aliphatic carbocycles. The van der Waals surface area contributed by atoms with Crippen LogP contribution in [-0.4, -0.2) is 16.2 Å².